The van der Waals surface area contributed by atoms with Crippen molar-refractivity contribution >= 4 is 21.4 Å². The Morgan fingerprint density at radius 1 is 1.15 bits per heavy atom. The molecule has 0 spiro atoms. The molecule has 0 aliphatic heterocycles. The van der Waals surface area contributed by atoms with Crippen molar-refractivity contribution in [3.05, 3.63) is 64.7 Å². The SMILES string of the molecule is N=N[C@H]1CCC[C@](c2cc(F)ccc2F)(S(=O)(=O)c2ccc(Cl)cc2)C1. The number of sulfone groups is 1. The summed E-state index contributed by atoms with van der Waals surface area (Å²) < 4.78 is 53.8. The minimum Gasteiger partial charge on any atom is -0.223 e. The lowest BCUT2D eigenvalue weighted by Crippen LogP contribution is -2.42. The topological polar surface area (TPSA) is 70.3 Å². The van der Waals surface area contributed by atoms with Crippen LogP contribution in [0.2, 0.25) is 5.02 Å². The molecule has 0 saturated heterocycles. The quantitative estimate of drug-likeness (QED) is 0.713. The van der Waals surface area contributed by atoms with Gasteiger partial charge in [0.2, 0.25) is 0 Å². The molecule has 138 valence electrons. The molecule has 8 heteroatoms. The zero-order valence-electron chi connectivity index (χ0n) is 13.8. The molecule has 4 nitrogen and oxygen atoms in total. The van der Waals surface area contributed by atoms with Crippen LogP contribution in [-0.4, -0.2) is 14.5 Å². The maximum atomic E-state index is 14.6. The molecule has 0 amide bonds. The molecule has 2 aromatic carbocycles. The lowest BCUT2D eigenvalue weighted by Gasteiger charge is -2.39. The fourth-order valence-electron chi connectivity index (χ4n) is 3.64. The van der Waals surface area contributed by atoms with Crippen molar-refractivity contribution in [2.45, 2.75) is 41.4 Å². The van der Waals surface area contributed by atoms with Gasteiger partial charge < -0.3 is 0 Å². The summed E-state index contributed by atoms with van der Waals surface area (Å²) in [5.74, 6) is -1.49. The molecule has 3 rings (SSSR count). The van der Waals surface area contributed by atoms with Crippen LogP contribution in [0.15, 0.2) is 52.5 Å². The van der Waals surface area contributed by atoms with Gasteiger partial charge in [-0.05, 0) is 68.1 Å². The van der Waals surface area contributed by atoms with Gasteiger partial charge in [0.05, 0.1) is 10.9 Å². The van der Waals surface area contributed by atoms with Gasteiger partial charge in [0.1, 0.15) is 16.4 Å². The molecule has 26 heavy (non-hydrogen) atoms. The lowest BCUT2D eigenvalue weighted by atomic mass is 9.80. The van der Waals surface area contributed by atoms with E-state index in [1.54, 1.807) is 0 Å². The molecule has 1 fully saturated rings. The molecule has 0 radical (unpaired) electrons. The molecule has 0 heterocycles. The lowest BCUT2D eigenvalue weighted by molar-refractivity contribution is 0.326. The van der Waals surface area contributed by atoms with Crippen LogP contribution in [-0.2, 0) is 14.6 Å². The molecule has 1 N–H and O–H groups in total. The Morgan fingerprint density at radius 3 is 2.50 bits per heavy atom. The fourth-order valence-corrected chi connectivity index (χ4v) is 5.98. The number of benzene rings is 2. The summed E-state index contributed by atoms with van der Waals surface area (Å²) in [5.41, 5.74) is 7.11. The van der Waals surface area contributed by atoms with Crippen LogP contribution in [0.25, 0.3) is 0 Å². The minimum absolute atomic E-state index is 0.0174. The zero-order valence-corrected chi connectivity index (χ0v) is 15.3. The van der Waals surface area contributed by atoms with E-state index in [-0.39, 0.29) is 23.3 Å². The van der Waals surface area contributed by atoms with E-state index in [0.717, 1.165) is 18.2 Å². The van der Waals surface area contributed by atoms with E-state index >= 15 is 0 Å². The number of hydrogen-bond acceptors (Lipinski definition) is 4. The first-order valence-corrected chi connectivity index (χ1v) is 9.98. The van der Waals surface area contributed by atoms with E-state index in [9.17, 15) is 17.2 Å². The first-order chi connectivity index (χ1) is 12.3. The summed E-state index contributed by atoms with van der Waals surface area (Å²) in [6.07, 6.45) is 1.04. The summed E-state index contributed by atoms with van der Waals surface area (Å²) in [7, 11) is -4.08. The zero-order chi connectivity index (χ0) is 18.9. The highest BCUT2D eigenvalue weighted by atomic mass is 35.5. The van der Waals surface area contributed by atoms with Crippen LogP contribution < -0.4 is 0 Å². The fraction of sp³-hybridized carbons (Fsp3) is 0.333. The molecule has 1 aliphatic rings. The third-order valence-corrected chi connectivity index (χ3v) is 7.69. The molecular formula is C18H17ClF2N2O2S. The number of nitrogens with one attached hydrogen (secondary N) is 1. The average Bonchev–Trinajstić information content (AvgIpc) is 2.64. The second-order valence-electron chi connectivity index (χ2n) is 6.46. The van der Waals surface area contributed by atoms with Gasteiger partial charge in [-0.2, -0.15) is 5.11 Å². The van der Waals surface area contributed by atoms with E-state index < -0.39 is 32.3 Å². The number of hydrogen-bond donors (Lipinski definition) is 1. The van der Waals surface area contributed by atoms with Crippen molar-refractivity contribution in [2.75, 3.05) is 0 Å². The van der Waals surface area contributed by atoms with Gasteiger partial charge in [-0.1, -0.05) is 11.6 Å². The van der Waals surface area contributed by atoms with Crippen molar-refractivity contribution in [3.63, 3.8) is 0 Å². The Balaban J connectivity index is 2.25. The monoisotopic (exact) mass is 398 g/mol. The summed E-state index contributed by atoms with van der Waals surface area (Å²) in [6.45, 7) is 0. The number of halogens is 3. The Kier molecular flexibility index (Phi) is 5.12. The number of nitrogens with zero attached hydrogens (tertiary/aromatic N) is 1. The third-order valence-electron chi connectivity index (χ3n) is 4.92. The van der Waals surface area contributed by atoms with Gasteiger partial charge in [-0.15, -0.1) is 0 Å². The van der Waals surface area contributed by atoms with Crippen LogP contribution in [0.1, 0.15) is 31.2 Å². The molecule has 2 aromatic rings. The van der Waals surface area contributed by atoms with Crippen molar-refractivity contribution in [3.8, 4) is 0 Å². The largest absolute Gasteiger partial charge is 0.223 e. The van der Waals surface area contributed by atoms with Crippen molar-refractivity contribution < 1.29 is 17.2 Å². The smallest absolute Gasteiger partial charge is 0.188 e. The van der Waals surface area contributed by atoms with Crippen molar-refractivity contribution in [2.24, 2.45) is 5.11 Å². The van der Waals surface area contributed by atoms with Crippen LogP contribution in [0.5, 0.6) is 0 Å². The predicted octanol–water partition coefficient (Wildman–Crippen LogP) is 5.26. The Bertz CT molecular complexity index is 935. The van der Waals surface area contributed by atoms with Gasteiger partial charge in [0.25, 0.3) is 0 Å². The van der Waals surface area contributed by atoms with E-state index in [1.807, 2.05) is 0 Å². The summed E-state index contributed by atoms with van der Waals surface area (Å²) in [4.78, 5) is -0.0174. The third kappa shape index (κ3) is 3.14. The standard InChI is InChI=1S/C18H17ClF2N2O2S/c19-12-3-6-15(7-4-12)26(24,25)18(9-1-2-14(11-18)23-22)16-10-13(20)5-8-17(16)21/h3-8,10,14,22H,1-2,9,11H2/t14-,18-/m0/s1. The maximum Gasteiger partial charge on any atom is 0.188 e. The van der Waals surface area contributed by atoms with Gasteiger partial charge in [0.15, 0.2) is 9.84 Å². The molecule has 1 saturated carbocycles. The Morgan fingerprint density at radius 2 is 1.85 bits per heavy atom. The van der Waals surface area contributed by atoms with Crippen LogP contribution in [0.4, 0.5) is 8.78 Å². The molecule has 0 unspecified atom stereocenters. The molecule has 2 atom stereocenters. The highest BCUT2D eigenvalue weighted by Gasteiger charge is 2.51. The van der Waals surface area contributed by atoms with Crippen LogP contribution in [0.3, 0.4) is 0 Å². The van der Waals surface area contributed by atoms with E-state index in [2.05, 4.69) is 5.11 Å². The predicted molar refractivity (Wildman–Crippen MR) is 94.1 cm³/mol. The average molecular weight is 399 g/mol. The molecular weight excluding hydrogens is 382 g/mol. The van der Waals surface area contributed by atoms with Gasteiger partial charge >= 0.3 is 0 Å². The van der Waals surface area contributed by atoms with Crippen molar-refractivity contribution in [1.82, 2.24) is 0 Å². The minimum atomic E-state index is -4.08. The highest BCUT2D eigenvalue weighted by molar-refractivity contribution is 7.92. The first kappa shape index (κ1) is 18.9. The summed E-state index contributed by atoms with van der Waals surface area (Å²) in [5, 5.41) is 3.86. The number of rotatable bonds is 4. The summed E-state index contributed by atoms with van der Waals surface area (Å²) >= 11 is 5.85. The van der Waals surface area contributed by atoms with E-state index in [0.29, 0.717) is 17.9 Å². The van der Waals surface area contributed by atoms with Gasteiger partial charge in [-0.3, -0.25) is 0 Å². The van der Waals surface area contributed by atoms with Crippen LogP contribution >= 0.6 is 11.6 Å². The van der Waals surface area contributed by atoms with Gasteiger partial charge in [0, 0.05) is 10.6 Å². The van der Waals surface area contributed by atoms with E-state index in [4.69, 9.17) is 17.1 Å². The maximum absolute atomic E-state index is 14.6. The van der Waals surface area contributed by atoms with Crippen LogP contribution in [0, 0.1) is 17.2 Å². The first-order valence-electron chi connectivity index (χ1n) is 8.12. The van der Waals surface area contributed by atoms with Gasteiger partial charge in [-0.25, -0.2) is 22.7 Å². The molecule has 1 aliphatic carbocycles. The second-order valence-corrected chi connectivity index (χ2v) is 9.15. The molecule has 0 aromatic heterocycles. The normalized spacial score (nSPS) is 23.6. The second kappa shape index (κ2) is 7.04. The molecule has 0 bridgehead atoms. The van der Waals surface area contributed by atoms with Crippen molar-refractivity contribution in [1.29, 1.82) is 5.53 Å². The Hall–Kier alpha value is -1.86. The Labute approximate surface area is 155 Å². The van der Waals surface area contributed by atoms with E-state index in [1.165, 1.54) is 24.3 Å². The summed E-state index contributed by atoms with van der Waals surface area (Å²) in [6, 6.07) is 7.87. The highest BCUT2D eigenvalue weighted by Crippen LogP contribution is 2.48.